The molecule has 1 fully saturated rings. The molecular formula is C20H18F3NO3. The number of carbonyl (C=O) groups is 2. The Morgan fingerprint density at radius 3 is 2.52 bits per heavy atom. The van der Waals surface area contributed by atoms with E-state index in [1.807, 2.05) is 0 Å². The number of nitrogens with one attached hydrogen (secondary N) is 1. The largest absolute Gasteiger partial charge is 0.465 e. The number of ether oxygens (including phenoxy) is 1. The number of esters is 1. The number of hydrogen-bond acceptors (Lipinski definition) is 3. The molecule has 0 aliphatic heterocycles. The summed E-state index contributed by atoms with van der Waals surface area (Å²) in [7, 11) is 1.26. The number of methoxy groups -OCH3 is 1. The van der Waals surface area contributed by atoms with Crippen molar-refractivity contribution in [1.82, 2.24) is 0 Å². The van der Waals surface area contributed by atoms with Gasteiger partial charge in [0.15, 0.2) is 0 Å². The Hall–Kier alpha value is -2.83. The Bertz CT molecular complexity index is 892. The van der Waals surface area contributed by atoms with Crippen molar-refractivity contribution in [3.63, 3.8) is 0 Å². The van der Waals surface area contributed by atoms with Crippen LogP contribution >= 0.6 is 0 Å². The summed E-state index contributed by atoms with van der Waals surface area (Å²) in [6.45, 7) is 1.76. The van der Waals surface area contributed by atoms with Crippen molar-refractivity contribution >= 4 is 17.6 Å². The number of amides is 1. The SMILES string of the molecule is COC(=O)c1ccc(C)c(NC(=O)C2CC2c2ccccc2C(F)(F)F)c1. The number of benzene rings is 2. The Morgan fingerprint density at radius 1 is 1.15 bits per heavy atom. The normalized spacial score (nSPS) is 18.7. The van der Waals surface area contributed by atoms with Gasteiger partial charge in [-0.15, -0.1) is 0 Å². The number of halogens is 3. The number of hydrogen-bond donors (Lipinski definition) is 1. The molecule has 1 aliphatic rings. The summed E-state index contributed by atoms with van der Waals surface area (Å²) >= 11 is 0. The van der Waals surface area contributed by atoms with Crippen LogP contribution in [0.1, 0.15) is 39.4 Å². The van der Waals surface area contributed by atoms with Crippen LogP contribution in [0.4, 0.5) is 18.9 Å². The van der Waals surface area contributed by atoms with E-state index < -0.39 is 29.5 Å². The average Bonchev–Trinajstić information content (AvgIpc) is 3.43. The second kappa shape index (κ2) is 7.06. The van der Waals surface area contributed by atoms with Gasteiger partial charge in [0.25, 0.3) is 0 Å². The van der Waals surface area contributed by atoms with E-state index >= 15 is 0 Å². The minimum absolute atomic E-state index is 0.144. The van der Waals surface area contributed by atoms with Gasteiger partial charge >= 0.3 is 12.1 Å². The zero-order chi connectivity index (χ0) is 19.8. The summed E-state index contributed by atoms with van der Waals surface area (Å²) in [5, 5.41) is 2.72. The quantitative estimate of drug-likeness (QED) is 0.796. The topological polar surface area (TPSA) is 55.4 Å². The van der Waals surface area contributed by atoms with E-state index in [0.717, 1.165) is 11.6 Å². The lowest BCUT2D eigenvalue weighted by Gasteiger charge is -2.13. The van der Waals surface area contributed by atoms with E-state index in [1.165, 1.54) is 25.3 Å². The van der Waals surface area contributed by atoms with E-state index in [-0.39, 0.29) is 17.0 Å². The summed E-state index contributed by atoms with van der Waals surface area (Å²) in [5.74, 6) is -1.89. The molecule has 0 aromatic heterocycles. The smallest absolute Gasteiger partial charge is 0.416 e. The van der Waals surface area contributed by atoms with Crippen molar-refractivity contribution in [2.24, 2.45) is 5.92 Å². The third-order valence-electron chi connectivity index (χ3n) is 4.71. The van der Waals surface area contributed by atoms with Gasteiger partial charge in [0.1, 0.15) is 0 Å². The fraction of sp³-hybridized carbons (Fsp3) is 0.300. The van der Waals surface area contributed by atoms with E-state index in [1.54, 1.807) is 25.1 Å². The maximum Gasteiger partial charge on any atom is 0.416 e. The van der Waals surface area contributed by atoms with Crippen LogP contribution in [0.15, 0.2) is 42.5 Å². The summed E-state index contributed by atoms with van der Waals surface area (Å²) in [6, 6.07) is 10.1. The predicted octanol–water partition coefficient (Wildman–Crippen LogP) is 4.54. The first kappa shape index (κ1) is 18.9. The highest BCUT2D eigenvalue weighted by Gasteiger charge is 2.47. The molecule has 27 heavy (non-hydrogen) atoms. The third-order valence-corrected chi connectivity index (χ3v) is 4.71. The monoisotopic (exact) mass is 377 g/mol. The predicted molar refractivity (Wildman–Crippen MR) is 93.4 cm³/mol. The molecule has 0 saturated heterocycles. The second-order valence-corrected chi connectivity index (χ2v) is 6.54. The molecule has 142 valence electrons. The first-order valence-electron chi connectivity index (χ1n) is 8.38. The van der Waals surface area contributed by atoms with E-state index in [2.05, 4.69) is 10.1 Å². The fourth-order valence-corrected chi connectivity index (χ4v) is 3.13. The van der Waals surface area contributed by atoms with Crippen LogP contribution in [-0.4, -0.2) is 19.0 Å². The molecule has 0 radical (unpaired) electrons. The molecule has 2 aromatic carbocycles. The first-order chi connectivity index (χ1) is 12.7. The molecule has 4 nitrogen and oxygen atoms in total. The van der Waals surface area contributed by atoms with Gasteiger partial charge in [0, 0.05) is 11.6 Å². The summed E-state index contributed by atoms with van der Waals surface area (Å²) in [6.07, 6.45) is -4.10. The van der Waals surface area contributed by atoms with Crippen LogP contribution in [-0.2, 0) is 15.7 Å². The van der Waals surface area contributed by atoms with Gasteiger partial charge in [-0.05, 0) is 48.6 Å². The lowest BCUT2D eigenvalue weighted by molar-refractivity contribution is -0.138. The molecule has 1 amide bonds. The van der Waals surface area contributed by atoms with Gasteiger partial charge in [0.2, 0.25) is 5.91 Å². The highest BCUT2D eigenvalue weighted by atomic mass is 19.4. The van der Waals surface area contributed by atoms with Crippen molar-refractivity contribution in [2.75, 3.05) is 12.4 Å². The number of rotatable bonds is 4. The zero-order valence-electron chi connectivity index (χ0n) is 14.8. The van der Waals surface area contributed by atoms with Gasteiger partial charge in [-0.2, -0.15) is 13.2 Å². The van der Waals surface area contributed by atoms with Crippen molar-refractivity contribution in [3.8, 4) is 0 Å². The number of anilines is 1. The molecule has 1 saturated carbocycles. The maximum atomic E-state index is 13.2. The van der Waals surface area contributed by atoms with Crippen molar-refractivity contribution in [2.45, 2.75) is 25.4 Å². The molecule has 1 aliphatic carbocycles. The second-order valence-electron chi connectivity index (χ2n) is 6.54. The summed E-state index contributed by atoms with van der Waals surface area (Å²) in [4.78, 5) is 24.1. The molecular weight excluding hydrogens is 359 g/mol. The molecule has 2 atom stereocenters. The molecule has 2 aromatic rings. The highest BCUT2D eigenvalue weighted by molar-refractivity contribution is 5.98. The number of alkyl halides is 3. The first-order valence-corrected chi connectivity index (χ1v) is 8.38. The zero-order valence-corrected chi connectivity index (χ0v) is 14.8. The Balaban J connectivity index is 1.76. The Labute approximate surface area is 154 Å². The minimum Gasteiger partial charge on any atom is -0.465 e. The summed E-state index contributed by atoms with van der Waals surface area (Å²) in [5.41, 5.74) is 0.911. The molecule has 7 heteroatoms. The van der Waals surface area contributed by atoms with Crippen LogP contribution in [0.5, 0.6) is 0 Å². The van der Waals surface area contributed by atoms with Crippen molar-refractivity contribution < 1.29 is 27.5 Å². The van der Waals surface area contributed by atoms with Crippen LogP contribution < -0.4 is 5.32 Å². The van der Waals surface area contributed by atoms with Crippen molar-refractivity contribution in [3.05, 3.63) is 64.7 Å². The van der Waals surface area contributed by atoms with Gasteiger partial charge < -0.3 is 10.1 Å². The van der Waals surface area contributed by atoms with E-state index in [4.69, 9.17) is 0 Å². The maximum absolute atomic E-state index is 13.2. The molecule has 0 bridgehead atoms. The lowest BCUT2D eigenvalue weighted by Crippen LogP contribution is -2.17. The highest BCUT2D eigenvalue weighted by Crippen LogP contribution is 2.51. The van der Waals surface area contributed by atoms with Crippen LogP contribution in [0, 0.1) is 12.8 Å². The van der Waals surface area contributed by atoms with E-state index in [9.17, 15) is 22.8 Å². The van der Waals surface area contributed by atoms with Crippen LogP contribution in [0.2, 0.25) is 0 Å². The van der Waals surface area contributed by atoms with Gasteiger partial charge in [-0.1, -0.05) is 24.3 Å². The Morgan fingerprint density at radius 2 is 1.85 bits per heavy atom. The van der Waals surface area contributed by atoms with E-state index in [0.29, 0.717) is 12.1 Å². The van der Waals surface area contributed by atoms with Crippen LogP contribution in [0.3, 0.4) is 0 Å². The van der Waals surface area contributed by atoms with Gasteiger partial charge in [0.05, 0.1) is 18.2 Å². The number of carbonyl (C=O) groups excluding carboxylic acids is 2. The lowest BCUT2D eigenvalue weighted by atomic mass is 10.0. The third kappa shape index (κ3) is 3.97. The van der Waals surface area contributed by atoms with Gasteiger partial charge in [-0.3, -0.25) is 4.79 Å². The van der Waals surface area contributed by atoms with Crippen LogP contribution in [0.25, 0.3) is 0 Å². The fourth-order valence-electron chi connectivity index (χ4n) is 3.13. The minimum atomic E-state index is -4.45. The molecule has 1 N–H and O–H groups in total. The molecule has 0 heterocycles. The standard InChI is InChI=1S/C20H18F3NO3/c1-11-7-8-12(19(26)27-2)9-17(11)24-18(25)15-10-14(15)13-5-3-4-6-16(13)20(21,22)23/h3-9,14-15H,10H2,1-2H3,(H,24,25). The Kier molecular flexibility index (Phi) is 4.95. The molecule has 0 spiro atoms. The van der Waals surface area contributed by atoms with Gasteiger partial charge in [-0.25, -0.2) is 4.79 Å². The molecule has 2 unspecified atom stereocenters. The average molecular weight is 377 g/mol. The molecule has 3 rings (SSSR count). The van der Waals surface area contributed by atoms with Crippen molar-refractivity contribution in [1.29, 1.82) is 0 Å². The summed E-state index contributed by atoms with van der Waals surface area (Å²) < 4.78 is 44.2. The number of aryl methyl sites for hydroxylation is 1.